The van der Waals surface area contributed by atoms with Crippen LogP contribution >= 0.6 is 0 Å². The minimum absolute atomic E-state index is 0.183. The highest BCUT2D eigenvalue weighted by molar-refractivity contribution is 7.89. The Morgan fingerprint density at radius 3 is 2.37 bits per heavy atom. The number of carbonyl (C=O) groups is 1. The maximum Gasteiger partial charge on any atom is 0.323 e. The Kier molecular flexibility index (Phi) is 5.94. The predicted octanol–water partition coefficient (Wildman–Crippen LogP) is 2.36. The number of nitrogens with one attached hydrogen (secondary N) is 2. The molecule has 0 radical (unpaired) electrons. The number of methoxy groups -OCH3 is 1. The summed E-state index contributed by atoms with van der Waals surface area (Å²) in [6.07, 6.45) is 0. The third kappa shape index (κ3) is 4.76. The molecule has 2 N–H and O–H groups in total. The van der Waals surface area contributed by atoms with E-state index >= 15 is 0 Å². The molecule has 2 aromatic carbocycles. The number of amides is 2. The molecule has 0 saturated carbocycles. The molecule has 2 amide bonds. The molecule has 144 valence electrons. The topological polar surface area (TPSA) is 97.0 Å². The summed E-state index contributed by atoms with van der Waals surface area (Å²) in [6.45, 7) is 1.46. The normalized spacial score (nSPS) is 15.1. The van der Waals surface area contributed by atoms with Crippen LogP contribution in [0.15, 0.2) is 53.4 Å². The first kappa shape index (κ1) is 19.2. The second-order valence-electron chi connectivity index (χ2n) is 5.85. The van der Waals surface area contributed by atoms with Crippen molar-refractivity contribution in [2.75, 3.05) is 44.0 Å². The Morgan fingerprint density at radius 2 is 1.70 bits per heavy atom. The number of ether oxygens (including phenoxy) is 2. The van der Waals surface area contributed by atoms with Gasteiger partial charge in [0.15, 0.2) is 0 Å². The summed E-state index contributed by atoms with van der Waals surface area (Å²) < 4.78 is 36.9. The van der Waals surface area contributed by atoms with Crippen LogP contribution in [0.5, 0.6) is 5.75 Å². The zero-order valence-electron chi connectivity index (χ0n) is 14.8. The molecule has 3 rings (SSSR count). The van der Waals surface area contributed by atoms with Crippen molar-refractivity contribution in [2.45, 2.75) is 4.90 Å². The van der Waals surface area contributed by atoms with E-state index in [4.69, 9.17) is 9.47 Å². The molecule has 1 fully saturated rings. The molecule has 2 aromatic rings. The third-order valence-electron chi connectivity index (χ3n) is 4.05. The standard InChI is InChI=1S/C18H21N3O5S/c1-25-16-4-2-3-15(13-16)20-18(22)19-14-5-7-17(8-6-14)27(23,24)21-9-11-26-12-10-21/h2-8,13H,9-12H2,1H3,(H2,19,20,22). The van der Waals surface area contributed by atoms with Gasteiger partial charge in [0.1, 0.15) is 5.75 Å². The van der Waals surface area contributed by atoms with Gasteiger partial charge < -0.3 is 20.1 Å². The van der Waals surface area contributed by atoms with Crippen LogP contribution in [-0.4, -0.2) is 52.2 Å². The lowest BCUT2D eigenvalue weighted by molar-refractivity contribution is 0.0730. The fourth-order valence-corrected chi connectivity index (χ4v) is 4.05. The van der Waals surface area contributed by atoms with E-state index in [1.54, 1.807) is 43.5 Å². The van der Waals surface area contributed by atoms with Crippen LogP contribution in [-0.2, 0) is 14.8 Å². The molecule has 27 heavy (non-hydrogen) atoms. The third-order valence-corrected chi connectivity index (χ3v) is 5.96. The van der Waals surface area contributed by atoms with Crippen molar-refractivity contribution in [3.8, 4) is 5.75 Å². The molecule has 0 spiro atoms. The SMILES string of the molecule is COc1cccc(NC(=O)Nc2ccc(S(=O)(=O)N3CCOCC3)cc2)c1. The fraction of sp³-hybridized carbons (Fsp3) is 0.278. The Hall–Kier alpha value is -2.62. The van der Waals surface area contributed by atoms with E-state index in [1.807, 2.05) is 0 Å². The van der Waals surface area contributed by atoms with Gasteiger partial charge in [-0.05, 0) is 36.4 Å². The fourth-order valence-electron chi connectivity index (χ4n) is 2.64. The van der Waals surface area contributed by atoms with Gasteiger partial charge in [0.25, 0.3) is 0 Å². The van der Waals surface area contributed by atoms with Gasteiger partial charge in [-0.3, -0.25) is 0 Å². The summed E-state index contributed by atoms with van der Waals surface area (Å²) >= 11 is 0. The second kappa shape index (κ2) is 8.38. The van der Waals surface area contributed by atoms with Gasteiger partial charge in [-0.1, -0.05) is 6.07 Å². The summed E-state index contributed by atoms with van der Waals surface area (Å²) in [5.41, 5.74) is 1.06. The van der Waals surface area contributed by atoms with Gasteiger partial charge in [-0.15, -0.1) is 0 Å². The van der Waals surface area contributed by atoms with Gasteiger partial charge in [0, 0.05) is 30.5 Å². The number of hydrogen-bond donors (Lipinski definition) is 2. The highest BCUT2D eigenvalue weighted by Gasteiger charge is 2.26. The summed E-state index contributed by atoms with van der Waals surface area (Å²) in [5, 5.41) is 5.36. The highest BCUT2D eigenvalue weighted by atomic mass is 32.2. The first-order valence-corrected chi connectivity index (χ1v) is 9.83. The Labute approximate surface area is 158 Å². The quantitative estimate of drug-likeness (QED) is 0.816. The van der Waals surface area contributed by atoms with Crippen LogP contribution < -0.4 is 15.4 Å². The lowest BCUT2D eigenvalue weighted by atomic mass is 10.3. The molecule has 9 heteroatoms. The smallest absolute Gasteiger partial charge is 0.323 e. The molecule has 0 aliphatic carbocycles. The van der Waals surface area contributed by atoms with Crippen molar-refractivity contribution in [2.24, 2.45) is 0 Å². The van der Waals surface area contributed by atoms with E-state index in [0.29, 0.717) is 43.4 Å². The summed E-state index contributed by atoms with van der Waals surface area (Å²) in [7, 11) is -2.01. The predicted molar refractivity (Wildman–Crippen MR) is 102 cm³/mol. The number of carbonyl (C=O) groups excluding carboxylic acids is 1. The van der Waals surface area contributed by atoms with Gasteiger partial charge in [-0.2, -0.15) is 4.31 Å². The molecule has 0 unspecified atom stereocenters. The van der Waals surface area contributed by atoms with Crippen LogP contribution in [0.3, 0.4) is 0 Å². The monoisotopic (exact) mass is 391 g/mol. The summed E-state index contributed by atoms with van der Waals surface area (Å²) in [4.78, 5) is 12.3. The molecular formula is C18H21N3O5S. The van der Waals surface area contributed by atoms with Crippen molar-refractivity contribution in [3.05, 3.63) is 48.5 Å². The largest absolute Gasteiger partial charge is 0.497 e. The molecule has 1 aliphatic heterocycles. The van der Waals surface area contributed by atoms with E-state index < -0.39 is 16.1 Å². The lowest BCUT2D eigenvalue weighted by Gasteiger charge is -2.26. The molecule has 1 aliphatic rings. The summed E-state index contributed by atoms with van der Waals surface area (Å²) in [5.74, 6) is 0.630. The molecule has 0 bridgehead atoms. The van der Waals surface area contributed by atoms with Crippen LogP contribution in [0, 0.1) is 0 Å². The van der Waals surface area contributed by atoms with Gasteiger partial charge in [-0.25, -0.2) is 13.2 Å². The van der Waals surface area contributed by atoms with Crippen LogP contribution in [0.1, 0.15) is 0 Å². The Morgan fingerprint density at radius 1 is 1.04 bits per heavy atom. The number of urea groups is 1. The van der Waals surface area contributed by atoms with Crippen LogP contribution in [0.2, 0.25) is 0 Å². The molecule has 0 atom stereocenters. The van der Waals surface area contributed by atoms with E-state index in [2.05, 4.69) is 10.6 Å². The van der Waals surface area contributed by atoms with E-state index in [0.717, 1.165) is 0 Å². The minimum Gasteiger partial charge on any atom is -0.497 e. The van der Waals surface area contributed by atoms with Crippen molar-refractivity contribution < 1.29 is 22.7 Å². The maximum absolute atomic E-state index is 12.6. The first-order valence-electron chi connectivity index (χ1n) is 8.39. The minimum atomic E-state index is -3.55. The molecule has 8 nitrogen and oxygen atoms in total. The zero-order valence-corrected chi connectivity index (χ0v) is 15.7. The van der Waals surface area contributed by atoms with Crippen molar-refractivity contribution in [1.82, 2.24) is 4.31 Å². The van der Waals surface area contributed by atoms with Gasteiger partial charge in [0.2, 0.25) is 10.0 Å². The average Bonchev–Trinajstić information content (AvgIpc) is 2.69. The molecule has 1 heterocycles. The van der Waals surface area contributed by atoms with Crippen molar-refractivity contribution in [3.63, 3.8) is 0 Å². The zero-order chi connectivity index (χ0) is 19.3. The number of rotatable bonds is 5. The number of benzene rings is 2. The van der Waals surface area contributed by atoms with Gasteiger partial charge in [0.05, 0.1) is 25.2 Å². The van der Waals surface area contributed by atoms with Crippen molar-refractivity contribution in [1.29, 1.82) is 0 Å². The number of anilines is 2. The highest BCUT2D eigenvalue weighted by Crippen LogP contribution is 2.20. The Balaban J connectivity index is 1.63. The van der Waals surface area contributed by atoms with Crippen LogP contribution in [0.4, 0.5) is 16.2 Å². The molecule has 1 saturated heterocycles. The maximum atomic E-state index is 12.6. The first-order chi connectivity index (χ1) is 13.0. The number of morpholine rings is 1. The Bertz CT molecular complexity index is 893. The average molecular weight is 391 g/mol. The molecular weight excluding hydrogens is 370 g/mol. The number of nitrogens with zero attached hydrogens (tertiary/aromatic N) is 1. The van der Waals surface area contributed by atoms with Crippen molar-refractivity contribution >= 4 is 27.4 Å². The molecule has 0 aromatic heterocycles. The summed E-state index contributed by atoms with van der Waals surface area (Å²) in [6, 6.07) is 12.6. The van der Waals surface area contributed by atoms with Gasteiger partial charge >= 0.3 is 6.03 Å². The van der Waals surface area contributed by atoms with E-state index in [1.165, 1.54) is 16.4 Å². The van der Waals surface area contributed by atoms with Crippen LogP contribution in [0.25, 0.3) is 0 Å². The van der Waals surface area contributed by atoms with E-state index in [-0.39, 0.29) is 4.90 Å². The number of hydrogen-bond acceptors (Lipinski definition) is 5. The second-order valence-corrected chi connectivity index (χ2v) is 7.79. The number of sulfonamides is 1. The van der Waals surface area contributed by atoms with E-state index in [9.17, 15) is 13.2 Å². The lowest BCUT2D eigenvalue weighted by Crippen LogP contribution is -2.40.